The number of fused-ring (bicyclic) bond motifs is 1. The standard InChI is InChI=1S/C23H29N3O/c1-25-13-15-26(16-14-25)23(24)21-11-12-22(20-10-6-5-9-19(20)21)27-17-18-7-3-2-4-8-18/h2-4,7-8,11-12,24H,5-6,9-10,13-17H2,1H3. The highest BCUT2D eigenvalue weighted by Gasteiger charge is 2.24. The Bertz CT molecular complexity index is 795. The van der Waals surface area contributed by atoms with E-state index in [0.29, 0.717) is 12.4 Å². The Morgan fingerprint density at radius 1 is 0.926 bits per heavy atom. The third kappa shape index (κ3) is 4.01. The van der Waals surface area contributed by atoms with Gasteiger partial charge in [-0.2, -0.15) is 0 Å². The predicted octanol–water partition coefficient (Wildman–Crippen LogP) is 3.72. The molecule has 1 fully saturated rings. The first kappa shape index (κ1) is 18.1. The maximum absolute atomic E-state index is 8.80. The van der Waals surface area contributed by atoms with Gasteiger partial charge in [0.05, 0.1) is 0 Å². The van der Waals surface area contributed by atoms with Gasteiger partial charge in [0, 0.05) is 31.7 Å². The molecule has 0 bridgehead atoms. The van der Waals surface area contributed by atoms with E-state index >= 15 is 0 Å². The fraction of sp³-hybridized carbons (Fsp3) is 0.435. The molecule has 0 aromatic heterocycles. The molecule has 4 nitrogen and oxygen atoms in total. The number of benzene rings is 2. The molecule has 0 amide bonds. The van der Waals surface area contributed by atoms with Gasteiger partial charge in [0.15, 0.2) is 0 Å². The molecule has 0 atom stereocenters. The SMILES string of the molecule is CN1CCN(C(=N)c2ccc(OCc3ccccc3)c3c2CCCC3)CC1. The second kappa shape index (κ2) is 8.13. The molecule has 1 N–H and O–H groups in total. The lowest BCUT2D eigenvalue weighted by Crippen LogP contribution is -2.47. The molecule has 0 spiro atoms. The van der Waals surface area contributed by atoms with E-state index in [2.05, 4.69) is 53.2 Å². The Hall–Kier alpha value is -2.33. The number of amidine groups is 1. The van der Waals surface area contributed by atoms with Crippen LogP contribution < -0.4 is 4.74 Å². The minimum atomic E-state index is 0.600. The molecule has 0 saturated carbocycles. The van der Waals surface area contributed by atoms with Crippen molar-refractivity contribution >= 4 is 5.84 Å². The Morgan fingerprint density at radius 3 is 2.37 bits per heavy atom. The molecule has 2 aromatic carbocycles. The summed E-state index contributed by atoms with van der Waals surface area (Å²) in [5.74, 6) is 1.69. The van der Waals surface area contributed by atoms with Crippen LogP contribution in [0.15, 0.2) is 42.5 Å². The summed E-state index contributed by atoms with van der Waals surface area (Å²) in [7, 11) is 2.15. The van der Waals surface area contributed by atoms with Crippen molar-refractivity contribution in [1.29, 1.82) is 5.41 Å². The predicted molar refractivity (Wildman–Crippen MR) is 110 cm³/mol. The van der Waals surface area contributed by atoms with Crippen LogP contribution >= 0.6 is 0 Å². The van der Waals surface area contributed by atoms with Crippen LogP contribution in [0.2, 0.25) is 0 Å². The fourth-order valence-electron chi connectivity index (χ4n) is 4.13. The van der Waals surface area contributed by atoms with Gasteiger partial charge >= 0.3 is 0 Å². The Kier molecular flexibility index (Phi) is 5.44. The van der Waals surface area contributed by atoms with E-state index in [-0.39, 0.29) is 0 Å². The molecule has 4 rings (SSSR count). The normalized spacial score (nSPS) is 17.4. The van der Waals surface area contributed by atoms with Crippen LogP contribution in [0.25, 0.3) is 0 Å². The zero-order valence-corrected chi connectivity index (χ0v) is 16.2. The molecule has 2 aliphatic rings. The molecule has 1 aliphatic heterocycles. The largest absolute Gasteiger partial charge is 0.489 e. The lowest BCUT2D eigenvalue weighted by atomic mass is 9.87. The van der Waals surface area contributed by atoms with Crippen LogP contribution in [-0.2, 0) is 19.4 Å². The van der Waals surface area contributed by atoms with Crippen LogP contribution in [0.3, 0.4) is 0 Å². The average Bonchev–Trinajstić information content (AvgIpc) is 2.73. The molecular formula is C23H29N3O. The summed E-state index contributed by atoms with van der Waals surface area (Å²) in [6, 6.07) is 14.5. The van der Waals surface area contributed by atoms with Gasteiger partial charge in [-0.25, -0.2) is 0 Å². The molecule has 1 saturated heterocycles. The van der Waals surface area contributed by atoms with Gasteiger partial charge < -0.3 is 14.5 Å². The maximum Gasteiger partial charge on any atom is 0.128 e. The molecule has 0 radical (unpaired) electrons. The summed E-state index contributed by atoms with van der Waals surface area (Å²) in [4.78, 5) is 4.56. The molecule has 4 heteroatoms. The number of nitrogens with one attached hydrogen (secondary N) is 1. The summed E-state index contributed by atoms with van der Waals surface area (Å²) in [6.07, 6.45) is 4.53. The zero-order valence-electron chi connectivity index (χ0n) is 16.2. The summed E-state index contributed by atoms with van der Waals surface area (Å²) in [6.45, 7) is 4.54. The first-order valence-corrected chi connectivity index (χ1v) is 10.1. The van der Waals surface area contributed by atoms with E-state index in [1.54, 1.807) is 0 Å². The van der Waals surface area contributed by atoms with Crippen molar-refractivity contribution in [2.24, 2.45) is 0 Å². The highest BCUT2D eigenvalue weighted by atomic mass is 16.5. The summed E-state index contributed by atoms with van der Waals surface area (Å²) >= 11 is 0. The van der Waals surface area contributed by atoms with Crippen molar-refractivity contribution in [2.75, 3.05) is 33.2 Å². The molecule has 0 unspecified atom stereocenters. The number of piperazine rings is 1. The van der Waals surface area contributed by atoms with Gasteiger partial charge in [0.25, 0.3) is 0 Å². The van der Waals surface area contributed by atoms with Crippen molar-refractivity contribution in [3.63, 3.8) is 0 Å². The minimum absolute atomic E-state index is 0.600. The van der Waals surface area contributed by atoms with Gasteiger partial charge in [-0.1, -0.05) is 30.3 Å². The minimum Gasteiger partial charge on any atom is -0.489 e. The van der Waals surface area contributed by atoms with Crippen molar-refractivity contribution in [2.45, 2.75) is 32.3 Å². The molecular weight excluding hydrogens is 334 g/mol. The molecule has 2 aromatic rings. The van der Waals surface area contributed by atoms with E-state index in [1.165, 1.54) is 29.5 Å². The van der Waals surface area contributed by atoms with Gasteiger partial charge in [-0.3, -0.25) is 5.41 Å². The lowest BCUT2D eigenvalue weighted by Gasteiger charge is -2.35. The first-order chi connectivity index (χ1) is 13.2. The van der Waals surface area contributed by atoms with E-state index < -0.39 is 0 Å². The Morgan fingerprint density at radius 2 is 1.63 bits per heavy atom. The second-order valence-corrected chi connectivity index (χ2v) is 7.69. The highest BCUT2D eigenvalue weighted by Crippen LogP contribution is 2.33. The highest BCUT2D eigenvalue weighted by molar-refractivity contribution is 5.98. The van der Waals surface area contributed by atoms with Crippen LogP contribution in [0.4, 0.5) is 0 Å². The van der Waals surface area contributed by atoms with E-state index in [4.69, 9.17) is 10.1 Å². The average molecular weight is 364 g/mol. The molecule has 1 aliphatic carbocycles. The number of hydrogen-bond donors (Lipinski definition) is 1. The summed E-state index contributed by atoms with van der Waals surface area (Å²) < 4.78 is 6.19. The third-order valence-corrected chi connectivity index (χ3v) is 5.80. The van der Waals surface area contributed by atoms with Crippen molar-refractivity contribution < 1.29 is 4.74 Å². The zero-order chi connectivity index (χ0) is 18.6. The van der Waals surface area contributed by atoms with Crippen LogP contribution in [0, 0.1) is 5.41 Å². The van der Waals surface area contributed by atoms with Crippen LogP contribution in [-0.4, -0.2) is 48.9 Å². The number of likely N-dealkylation sites (N-methyl/N-ethyl adjacent to an activating group) is 1. The maximum atomic E-state index is 8.80. The Balaban J connectivity index is 1.56. The van der Waals surface area contributed by atoms with E-state index in [0.717, 1.165) is 50.3 Å². The topological polar surface area (TPSA) is 39.6 Å². The van der Waals surface area contributed by atoms with Gasteiger partial charge in [-0.05, 0) is 61.6 Å². The molecule has 27 heavy (non-hydrogen) atoms. The van der Waals surface area contributed by atoms with Crippen molar-refractivity contribution in [1.82, 2.24) is 9.80 Å². The van der Waals surface area contributed by atoms with E-state index in [1.807, 2.05) is 6.07 Å². The van der Waals surface area contributed by atoms with Crippen LogP contribution in [0.1, 0.15) is 35.1 Å². The van der Waals surface area contributed by atoms with Gasteiger partial charge in [0.1, 0.15) is 18.2 Å². The molecule has 1 heterocycles. The lowest BCUT2D eigenvalue weighted by molar-refractivity contribution is 0.215. The summed E-state index contributed by atoms with van der Waals surface area (Å²) in [5.41, 5.74) is 4.97. The first-order valence-electron chi connectivity index (χ1n) is 10.1. The number of ether oxygens (including phenoxy) is 1. The quantitative estimate of drug-likeness (QED) is 0.665. The van der Waals surface area contributed by atoms with Crippen LogP contribution in [0.5, 0.6) is 5.75 Å². The smallest absolute Gasteiger partial charge is 0.128 e. The summed E-state index contributed by atoms with van der Waals surface area (Å²) in [5, 5.41) is 8.80. The van der Waals surface area contributed by atoms with Gasteiger partial charge in [-0.15, -0.1) is 0 Å². The molecule has 142 valence electrons. The second-order valence-electron chi connectivity index (χ2n) is 7.69. The third-order valence-electron chi connectivity index (χ3n) is 5.80. The number of nitrogens with zero attached hydrogens (tertiary/aromatic N) is 2. The number of hydrogen-bond acceptors (Lipinski definition) is 3. The van der Waals surface area contributed by atoms with Gasteiger partial charge in [0.2, 0.25) is 0 Å². The fourth-order valence-corrected chi connectivity index (χ4v) is 4.13. The Labute approximate surface area is 162 Å². The van der Waals surface area contributed by atoms with E-state index in [9.17, 15) is 0 Å². The monoisotopic (exact) mass is 363 g/mol. The van der Waals surface area contributed by atoms with Crippen molar-refractivity contribution in [3.05, 3.63) is 64.7 Å². The van der Waals surface area contributed by atoms with Crippen molar-refractivity contribution in [3.8, 4) is 5.75 Å². The number of rotatable bonds is 4.